The van der Waals surface area contributed by atoms with E-state index in [1.165, 1.54) is 0 Å². The summed E-state index contributed by atoms with van der Waals surface area (Å²) in [6.07, 6.45) is 5.12. The third kappa shape index (κ3) is 3.30. The first kappa shape index (κ1) is 13.7. The van der Waals surface area contributed by atoms with Crippen LogP contribution < -0.4 is 16.6 Å². The predicted octanol–water partition coefficient (Wildman–Crippen LogP) is 1.19. The Hall–Kier alpha value is -1.36. The molecule has 0 aromatic carbocycles. The predicted molar refractivity (Wildman–Crippen MR) is 70.2 cm³/mol. The van der Waals surface area contributed by atoms with Gasteiger partial charge in [-0.05, 0) is 19.8 Å². The summed E-state index contributed by atoms with van der Waals surface area (Å²) in [5, 5.41) is 3.15. The molecule has 1 aromatic rings. The van der Waals surface area contributed by atoms with Crippen molar-refractivity contribution in [3.63, 3.8) is 0 Å². The van der Waals surface area contributed by atoms with E-state index in [9.17, 15) is 4.79 Å². The highest BCUT2D eigenvalue weighted by atomic mass is 16.1. The Labute approximate surface area is 102 Å². The molecule has 5 heteroatoms. The molecule has 1 unspecified atom stereocenters. The molecule has 3 N–H and O–H groups in total. The van der Waals surface area contributed by atoms with Crippen molar-refractivity contribution in [3.8, 4) is 0 Å². The van der Waals surface area contributed by atoms with Crippen LogP contribution in [0.15, 0.2) is 17.2 Å². The maximum atomic E-state index is 12.1. The van der Waals surface area contributed by atoms with Crippen molar-refractivity contribution >= 4 is 5.82 Å². The normalized spacial score (nSPS) is 14.4. The molecule has 0 bridgehead atoms. The first-order chi connectivity index (χ1) is 8.06. The maximum absolute atomic E-state index is 12.1. The summed E-state index contributed by atoms with van der Waals surface area (Å²) in [6.45, 7) is 7.24. The molecule has 1 aromatic heterocycles. The second-order valence-electron chi connectivity index (χ2n) is 4.52. The van der Waals surface area contributed by atoms with E-state index in [-0.39, 0.29) is 11.1 Å². The van der Waals surface area contributed by atoms with E-state index >= 15 is 0 Å². The Morgan fingerprint density at radius 2 is 2.24 bits per heavy atom. The summed E-state index contributed by atoms with van der Waals surface area (Å²) >= 11 is 0. The monoisotopic (exact) mass is 238 g/mol. The van der Waals surface area contributed by atoms with Gasteiger partial charge < -0.3 is 15.6 Å². The Bertz CT molecular complexity index is 409. The quantitative estimate of drug-likeness (QED) is 0.781. The van der Waals surface area contributed by atoms with Crippen molar-refractivity contribution in [1.29, 1.82) is 0 Å². The smallest absolute Gasteiger partial charge is 0.293 e. The molecule has 0 aliphatic rings. The second kappa shape index (κ2) is 5.82. The topological polar surface area (TPSA) is 72.9 Å². The summed E-state index contributed by atoms with van der Waals surface area (Å²) in [5.74, 6) is 0.385. The van der Waals surface area contributed by atoms with Crippen LogP contribution in [-0.2, 0) is 6.54 Å². The Balaban J connectivity index is 2.99. The van der Waals surface area contributed by atoms with Gasteiger partial charge in [0.15, 0.2) is 5.82 Å². The van der Waals surface area contributed by atoms with Crippen LogP contribution in [-0.4, -0.2) is 21.6 Å². The van der Waals surface area contributed by atoms with Crippen LogP contribution in [0, 0.1) is 0 Å². The van der Waals surface area contributed by atoms with Crippen LogP contribution >= 0.6 is 0 Å². The van der Waals surface area contributed by atoms with Gasteiger partial charge in [-0.15, -0.1) is 0 Å². The summed E-state index contributed by atoms with van der Waals surface area (Å²) in [6, 6.07) is 0. The van der Waals surface area contributed by atoms with Gasteiger partial charge in [-0.3, -0.25) is 4.79 Å². The molecular weight excluding hydrogens is 216 g/mol. The number of anilines is 1. The fourth-order valence-electron chi connectivity index (χ4n) is 1.52. The molecule has 1 rings (SSSR count). The van der Waals surface area contributed by atoms with E-state index in [1.54, 1.807) is 17.0 Å². The SMILES string of the molecule is CCCn1ccnc(NC(C)(CC)CN)c1=O. The number of nitrogens with two attached hydrogens (primary N) is 1. The van der Waals surface area contributed by atoms with Gasteiger partial charge in [0.05, 0.1) is 0 Å². The third-order valence-electron chi connectivity index (χ3n) is 3.03. The Morgan fingerprint density at radius 1 is 1.53 bits per heavy atom. The molecule has 0 saturated carbocycles. The first-order valence-electron chi connectivity index (χ1n) is 6.10. The van der Waals surface area contributed by atoms with Crippen LogP contribution in [0.4, 0.5) is 5.82 Å². The number of nitrogens with zero attached hydrogens (tertiary/aromatic N) is 2. The molecule has 0 radical (unpaired) electrons. The van der Waals surface area contributed by atoms with Gasteiger partial charge in [0.2, 0.25) is 0 Å². The van der Waals surface area contributed by atoms with Gasteiger partial charge in [-0.2, -0.15) is 0 Å². The van der Waals surface area contributed by atoms with Crippen molar-refractivity contribution in [2.75, 3.05) is 11.9 Å². The lowest BCUT2D eigenvalue weighted by atomic mass is 9.99. The second-order valence-corrected chi connectivity index (χ2v) is 4.52. The van der Waals surface area contributed by atoms with E-state index in [4.69, 9.17) is 5.73 Å². The van der Waals surface area contributed by atoms with Gasteiger partial charge in [0, 0.05) is 31.0 Å². The first-order valence-corrected chi connectivity index (χ1v) is 6.10. The molecule has 17 heavy (non-hydrogen) atoms. The number of rotatable bonds is 6. The Morgan fingerprint density at radius 3 is 2.76 bits per heavy atom. The number of aromatic nitrogens is 2. The number of nitrogens with one attached hydrogen (secondary N) is 1. The fourth-order valence-corrected chi connectivity index (χ4v) is 1.52. The molecular formula is C12H22N4O. The highest BCUT2D eigenvalue weighted by Gasteiger charge is 2.21. The highest BCUT2D eigenvalue weighted by molar-refractivity contribution is 5.34. The maximum Gasteiger partial charge on any atom is 0.293 e. The van der Waals surface area contributed by atoms with Crippen molar-refractivity contribution < 1.29 is 0 Å². The molecule has 0 spiro atoms. The van der Waals surface area contributed by atoms with E-state index in [0.717, 1.165) is 12.8 Å². The van der Waals surface area contributed by atoms with Crippen molar-refractivity contribution in [1.82, 2.24) is 9.55 Å². The van der Waals surface area contributed by atoms with Crippen molar-refractivity contribution in [2.24, 2.45) is 5.73 Å². The van der Waals surface area contributed by atoms with Gasteiger partial charge in [-0.1, -0.05) is 13.8 Å². The zero-order valence-corrected chi connectivity index (χ0v) is 10.9. The standard InChI is InChI=1S/C12H22N4O/c1-4-7-16-8-6-14-10(11(16)17)15-12(3,5-2)9-13/h6,8H,4-5,7,9,13H2,1-3H3,(H,14,15). The lowest BCUT2D eigenvalue weighted by Crippen LogP contribution is -2.44. The number of hydrogen-bond donors (Lipinski definition) is 2. The van der Waals surface area contributed by atoms with Gasteiger partial charge in [0.1, 0.15) is 0 Å². The van der Waals surface area contributed by atoms with Crippen LogP contribution in [0.3, 0.4) is 0 Å². The molecule has 0 aliphatic heterocycles. The molecule has 0 fully saturated rings. The average molecular weight is 238 g/mol. The molecule has 96 valence electrons. The minimum atomic E-state index is -0.280. The van der Waals surface area contributed by atoms with Crippen molar-refractivity contribution in [2.45, 2.75) is 45.7 Å². The fraction of sp³-hybridized carbons (Fsp3) is 0.667. The molecule has 1 atom stereocenters. The number of aryl methyl sites for hydroxylation is 1. The molecule has 5 nitrogen and oxygen atoms in total. The lowest BCUT2D eigenvalue weighted by Gasteiger charge is -2.28. The Kier molecular flexibility index (Phi) is 4.69. The number of hydrogen-bond acceptors (Lipinski definition) is 4. The van der Waals surface area contributed by atoms with E-state index in [0.29, 0.717) is 18.9 Å². The average Bonchev–Trinajstić information content (AvgIpc) is 2.34. The summed E-state index contributed by atoms with van der Waals surface area (Å²) in [5.41, 5.74) is 5.35. The summed E-state index contributed by atoms with van der Waals surface area (Å²) in [4.78, 5) is 16.2. The van der Waals surface area contributed by atoms with Crippen molar-refractivity contribution in [3.05, 3.63) is 22.7 Å². The lowest BCUT2D eigenvalue weighted by molar-refractivity contribution is 0.502. The van der Waals surface area contributed by atoms with Crippen LogP contribution in [0.5, 0.6) is 0 Å². The van der Waals surface area contributed by atoms with Crippen LogP contribution in [0.2, 0.25) is 0 Å². The van der Waals surface area contributed by atoms with Gasteiger partial charge in [-0.25, -0.2) is 4.98 Å². The molecule has 0 amide bonds. The largest absolute Gasteiger partial charge is 0.359 e. The van der Waals surface area contributed by atoms with E-state index < -0.39 is 0 Å². The van der Waals surface area contributed by atoms with E-state index in [1.807, 2.05) is 20.8 Å². The summed E-state index contributed by atoms with van der Waals surface area (Å²) in [7, 11) is 0. The van der Waals surface area contributed by atoms with Crippen LogP contribution in [0.1, 0.15) is 33.6 Å². The highest BCUT2D eigenvalue weighted by Crippen LogP contribution is 2.12. The summed E-state index contributed by atoms with van der Waals surface area (Å²) < 4.78 is 1.67. The van der Waals surface area contributed by atoms with Gasteiger partial charge in [0.25, 0.3) is 5.56 Å². The molecule has 1 heterocycles. The zero-order valence-electron chi connectivity index (χ0n) is 10.9. The zero-order chi connectivity index (χ0) is 12.9. The minimum Gasteiger partial charge on any atom is -0.359 e. The van der Waals surface area contributed by atoms with Crippen LogP contribution in [0.25, 0.3) is 0 Å². The van der Waals surface area contributed by atoms with E-state index in [2.05, 4.69) is 10.3 Å². The van der Waals surface area contributed by atoms with Gasteiger partial charge >= 0.3 is 0 Å². The minimum absolute atomic E-state index is 0.0810. The molecule has 0 aliphatic carbocycles. The third-order valence-corrected chi connectivity index (χ3v) is 3.03. The molecule has 0 saturated heterocycles.